The summed E-state index contributed by atoms with van der Waals surface area (Å²) in [5, 5.41) is 16.1. The molecule has 0 radical (unpaired) electrons. The third-order valence-corrected chi connectivity index (χ3v) is 5.69. The Morgan fingerprint density at radius 1 is 1.50 bits per heavy atom. The van der Waals surface area contributed by atoms with Crippen LogP contribution in [-0.2, 0) is 16.3 Å². The van der Waals surface area contributed by atoms with Crippen LogP contribution in [0, 0.1) is 5.92 Å². The number of nitrogens with one attached hydrogen (secondary N) is 2. The van der Waals surface area contributed by atoms with Gasteiger partial charge in [0.2, 0.25) is 5.13 Å². The lowest BCUT2D eigenvalue weighted by Crippen LogP contribution is -2.38. The lowest BCUT2D eigenvalue weighted by Gasteiger charge is -2.12. The molecule has 0 bridgehead atoms. The van der Waals surface area contributed by atoms with Gasteiger partial charge in [-0.1, -0.05) is 25.2 Å². The maximum absolute atomic E-state index is 11.4. The number of aromatic nitrogens is 2. The Labute approximate surface area is 128 Å². The average molecular weight is 334 g/mol. The molecule has 1 fully saturated rings. The predicted octanol–water partition coefficient (Wildman–Crippen LogP) is 1.21. The molecule has 0 spiro atoms. The van der Waals surface area contributed by atoms with E-state index in [1.807, 2.05) is 0 Å². The quantitative estimate of drug-likeness (QED) is 0.801. The van der Waals surface area contributed by atoms with Crippen LogP contribution in [0.1, 0.15) is 25.3 Å². The number of hydrogen-bond donors (Lipinski definition) is 2. The van der Waals surface area contributed by atoms with Gasteiger partial charge in [-0.15, -0.1) is 10.2 Å². The molecule has 0 unspecified atom stereocenters. The van der Waals surface area contributed by atoms with Gasteiger partial charge in [-0.05, 0) is 24.6 Å². The van der Waals surface area contributed by atoms with Crippen LogP contribution in [0.3, 0.4) is 0 Å². The molecule has 2 heterocycles. The Bertz CT molecular complexity index is 582. The summed E-state index contributed by atoms with van der Waals surface area (Å²) in [6, 6.07) is -0.108. The minimum absolute atomic E-state index is 0.108. The fourth-order valence-corrected chi connectivity index (χ4v) is 4.92. The summed E-state index contributed by atoms with van der Waals surface area (Å²) in [7, 11) is -2.90. The van der Waals surface area contributed by atoms with Gasteiger partial charge in [-0.25, -0.2) is 8.42 Å². The number of hydrogen-bond acceptors (Lipinski definition) is 6. The molecule has 6 nitrogen and oxygen atoms in total. The van der Waals surface area contributed by atoms with E-state index >= 15 is 0 Å². The van der Waals surface area contributed by atoms with Gasteiger partial charge >= 0.3 is 0 Å². The van der Waals surface area contributed by atoms with Gasteiger partial charge in [-0.3, -0.25) is 0 Å². The van der Waals surface area contributed by atoms with Gasteiger partial charge in [-0.2, -0.15) is 0 Å². The monoisotopic (exact) mass is 334 g/mol. The molecule has 1 aromatic rings. The van der Waals surface area contributed by atoms with E-state index in [-0.39, 0.29) is 17.5 Å². The second-order valence-corrected chi connectivity index (χ2v) is 9.00. The highest BCUT2D eigenvalue weighted by Crippen LogP contribution is 2.18. The molecular weight excluding hydrogens is 316 g/mol. The predicted molar refractivity (Wildman–Crippen MR) is 84.9 cm³/mol. The van der Waals surface area contributed by atoms with Gasteiger partial charge in [0.05, 0.1) is 11.5 Å². The van der Waals surface area contributed by atoms with Crippen LogP contribution < -0.4 is 10.6 Å². The van der Waals surface area contributed by atoms with Gasteiger partial charge < -0.3 is 10.6 Å². The smallest absolute Gasteiger partial charge is 0.211 e. The van der Waals surface area contributed by atoms with Crippen LogP contribution in [0.2, 0.25) is 0 Å². The Hall–Kier alpha value is -0.800. The number of thiocarbonyl (C=S) groups is 1. The molecule has 0 saturated carbocycles. The van der Waals surface area contributed by atoms with E-state index in [1.165, 1.54) is 11.3 Å². The third-order valence-electron chi connectivity index (χ3n) is 2.84. The summed E-state index contributed by atoms with van der Waals surface area (Å²) < 4.78 is 22.7. The number of sulfone groups is 1. The normalized spacial score (nSPS) is 21.1. The van der Waals surface area contributed by atoms with Crippen molar-refractivity contribution in [1.82, 2.24) is 15.5 Å². The van der Waals surface area contributed by atoms with Crippen LogP contribution in [-0.4, -0.2) is 41.3 Å². The van der Waals surface area contributed by atoms with Crippen molar-refractivity contribution in [3.05, 3.63) is 5.01 Å². The lowest BCUT2D eigenvalue weighted by molar-refractivity contribution is 0.600. The van der Waals surface area contributed by atoms with E-state index in [4.69, 9.17) is 12.2 Å². The van der Waals surface area contributed by atoms with Gasteiger partial charge in [0, 0.05) is 12.5 Å². The molecule has 2 N–H and O–H groups in total. The van der Waals surface area contributed by atoms with E-state index < -0.39 is 9.84 Å². The standard InChI is InChI=1S/C11H18N4O2S3/c1-7(2)5-9-14-15-11(19-9)13-10(18)12-8-3-4-20(16,17)6-8/h7-8H,3-6H2,1-2H3,(H2,12,13,15,18)/t8-/m1/s1. The maximum Gasteiger partial charge on any atom is 0.211 e. The first-order valence-corrected chi connectivity index (χ1v) is 9.49. The highest BCUT2D eigenvalue weighted by atomic mass is 32.2. The first-order chi connectivity index (χ1) is 9.34. The van der Waals surface area contributed by atoms with Crippen molar-refractivity contribution in [1.29, 1.82) is 0 Å². The van der Waals surface area contributed by atoms with Crippen molar-refractivity contribution in [2.24, 2.45) is 5.92 Å². The molecule has 9 heteroatoms. The van der Waals surface area contributed by atoms with E-state index in [1.54, 1.807) is 0 Å². The summed E-state index contributed by atoms with van der Waals surface area (Å²) >= 11 is 6.63. The molecule has 1 aliphatic rings. The zero-order valence-corrected chi connectivity index (χ0v) is 13.9. The number of anilines is 1. The number of nitrogens with zero attached hydrogens (tertiary/aromatic N) is 2. The van der Waals surface area contributed by atoms with E-state index in [0.717, 1.165) is 11.4 Å². The molecule has 2 rings (SSSR count). The first-order valence-electron chi connectivity index (χ1n) is 6.44. The van der Waals surface area contributed by atoms with Crippen LogP contribution in [0.5, 0.6) is 0 Å². The minimum atomic E-state index is -2.90. The van der Waals surface area contributed by atoms with Crippen molar-refractivity contribution in [3.8, 4) is 0 Å². The molecule has 1 saturated heterocycles. The lowest BCUT2D eigenvalue weighted by atomic mass is 10.1. The molecule has 1 atom stereocenters. The Morgan fingerprint density at radius 3 is 2.85 bits per heavy atom. The molecule has 112 valence electrons. The summed E-state index contributed by atoms with van der Waals surface area (Å²) in [6.07, 6.45) is 1.49. The third kappa shape index (κ3) is 4.64. The Morgan fingerprint density at radius 2 is 2.25 bits per heavy atom. The molecule has 20 heavy (non-hydrogen) atoms. The highest BCUT2D eigenvalue weighted by molar-refractivity contribution is 7.91. The van der Waals surface area contributed by atoms with Crippen LogP contribution in [0.15, 0.2) is 0 Å². The molecule has 0 amide bonds. The fraction of sp³-hybridized carbons (Fsp3) is 0.727. The topological polar surface area (TPSA) is 84.0 Å². The second kappa shape index (κ2) is 6.31. The Balaban J connectivity index is 1.84. The molecule has 0 aromatic carbocycles. The summed E-state index contributed by atoms with van der Waals surface area (Å²) in [5.74, 6) is 0.901. The summed E-state index contributed by atoms with van der Waals surface area (Å²) in [5.41, 5.74) is 0. The maximum atomic E-state index is 11.4. The van der Waals surface area contributed by atoms with Crippen molar-refractivity contribution >= 4 is 43.6 Å². The van der Waals surface area contributed by atoms with E-state index in [0.29, 0.717) is 22.6 Å². The average Bonchev–Trinajstić information content (AvgIpc) is 2.85. The van der Waals surface area contributed by atoms with Crippen molar-refractivity contribution in [3.63, 3.8) is 0 Å². The van der Waals surface area contributed by atoms with E-state index in [9.17, 15) is 8.42 Å². The minimum Gasteiger partial charge on any atom is -0.359 e. The fourth-order valence-electron chi connectivity index (χ4n) is 1.96. The van der Waals surface area contributed by atoms with Crippen molar-refractivity contribution < 1.29 is 8.42 Å². The van der Waals surface area contributed by atoms with Crippen LogP contribution >= 0.6 is 23.6 Å². The summed E-state index contributed by atoms with van der Waals surface area (Å²) in [4.78, 5) is 0. The van der Waals surface area contributed by atoms with Crippen molar-refractivity contribution in [2.45, 2.75) is 32.7 Å². The largest absolute Gasteiger partial charge is 0.359 e. The molecule has 0 aliphatic carbocycles. The SMILES string of the molecule is CC(C)Cc1nnc(NC(=S)N[C@@H]2CCS(=O)(=O)C2)s1. The zero-order chi connectivity index (χ0) is 14.8. The van der Waals surface area contributed by atoms with Gasteiger partial charge in [0.15, 0.2) is 14.9 Å². The highest BCUT2D eigenvalue weighted by Gasteiger charge is 2.28. The van der Waals surface area contributed by atoms with Crippen LogP contribution in [0.25, 0.3) is 0 Å². The van der Waals surface area contributed by atoms with Gasteiger partial charge in [0.1, 0.15) is 5.01 Å². The molecular formula is C11H18N4O2S3. The van der Waals surface area contributed by atoms with E-state index in [2.05, 4.69) is 34.7 Å². The van der Waals surface area contributed by atoms with Gasteiger partial charge in [0.25, 0.3) is 0 Å². The molecule has 1 aromatic heterocycles. The number of rotatable bonds is 4. The second-order valence-electron chi connectivity index (χ2n) is 5.30. The Kier molecular flexibility index (Phi) is 4.92. The van der Waals surface area contributed by atoms with Crippen molar-refractivity contribution in [2.75, 3.05) is 16.8 Å². The summed E-state index contributed by atoms with van der Waals surface area (Å²) in [6.45, 7) is 4.25. The first kappa shape index (κ1) is 15.6. The van der Waals surface area contributed by atoms with Crippen LogP contribution in [0.4, 0.5) is 5.13 Å². The zero-order valence-electron chi connectivity index (χ0n) is 11.4. The molecule has 1 aliphatic heterocycles.